The van der Waals surface area contributed by atoms with Gasteiger partial charge in [-0.25, -0.2) is 38.4 Å². The molecule has 0 bridgehead atoms. The van der Waals surface area contributed by atoms with E-state index in [1.807, 2.05) is 0 Å². The first-order chi connectivity index (χ1) is 52.8. The second-order valence-corrected chi connectivity index (χ2v) is 24.5. The van der Waals surface area contributed by atoms with Gasteiger partial charge in [-0.2, -0.15) is 0 Å². The number of esters is 8. The topological polar surface area (TPSA) is 744 Å². The van der Waals surface area contributed by atoms with Crippen molar-refractivity contribution in [2.75, 3.05) is 13.2 Å². The van der Waals surface area contributed by atoms with E-state index >= 15 is 0 Å². The van der Waals surface area contributed by atoms with E-state index < -0.39 is 344 Å². The molecule has 25 N–H and O–H groups in total. The number of phenolic OH excluding ortho intramolecular Hbond substituents is 23. The monoisotopic (exact) mass is 1570 g/mol. The fourth-order valence-corrected chi connectivity index (χ4v) is 12.5. The molecule has 0 spiro atoms. The van der Waals surface area contributed by atoms with Crippen LogP contribution in [0.4, 0.5) is 0 Å². The molecule has 8 aromatic rings. The van der Waals surface area contributed by atoms with Crippen LogP contribution in [-0.2, 0) is 47.4 Å². The van der Waals surface area contributed by atoms with E-state index in [1.165, 1.54) is 0 Å². The number of phenols is 23. The van der Waals surface area contributed by atoms with Crippen molar-refractivity contribution in [2.45, 2.75) is 61.4 Å². The molecular formula is C68H48O44. The van der Waals surface area contributed by atoms with Gasteiger partial charge in [-0.1, -0.05) is 0 Å². The summed E-state index contributed by atoms with van der Waals surface area (Å²) in [5.74, 6) is -52.0. The van der Waals surface area contributed by atoms with E-state index in [4.69, 9.17) is 52.1 Å². The van der Waals surface area contributed by atoms with Crippen LogP contribution in [-0.4, -0.2) is 250 Å². The number of cyclic esters (lactones) is 1. The smallest absolute Gasteiger partial charge is 0.344 e. The molecule has 2 fully saturated rings. The van der Waals surface area contributed by atoms with Crippen molar-refractivity contribution in [3.63, 3.8) is 0 Å². The normalized spacial score (nSPS) is 21.2. The Balaban J connectivity index is 0.875. The highest BCUT2D eigenvalue weighted by Gasteiger charge is 2.58. The van der Waals surface area contributed by atoms with Crippen molar-refractivity contribution >= 4 is 47.8 Å². The summed E-state index contributed by atoms with van der Waals surface area (Å²) in [6, 6.07) is 3.10. The van der Waals surface area contributed by atoms with Crippen LogP contribution in [0.1, 0.15) is 82.9 Å². The molecule has 0 aromatic heterocycles. The lowest BCUT2D eigenvalue weighted by molar-refractivity contribution is -0.283. The minimum atomic E-state index is -2.95. The summed E-state index contributed by atoms with van der Waals surface area (Å²) in [6.45, 7) is -2.76. The molecule has 13 rings (SSSR count). The summed E-state index contributed by atoms with van der Waals surface area (Å²) in [4.78, 5) is 116. The molecule has 5 aliphatic heterocycles. The minimum absolute atomic E-state index is 0.223. The highest BCUT2D eigenvalue weighted by atomic mass is 16.8. The van der Waals surface area contributed by atoms with Crippen LogP contribution < -0.4 is 4.74 Å². The van der Waals surface area contributed by atoms with E-state index in [0.717, 1.165) is 0 Å². The summed E-state index contributed by atoms with van der Waals surface area (Å²) in [5, 5.41) is 273. The molecule has 8 aromatic carbocycles. The van der Waals surface area contributed by atoms with Crippen molar-refractivity contribution in [3.05, 3.63) is 99.1 Å². The van der Waals surface area contributed by atoms with Gasteiger partial charge >= 0.3 is 47.8 Å². The highest BCUT2D eigenvalue weighted by molar-refractivity contribution is 6.12. The van der Waals surface area contributed by atoms with Gasteiger partial charge in [0.15, 0.2) is 110 Å². The molecule has 10 unspecified atom stereocenters. The number of rotatable bonds is 7. The number of aliphatic hydroxyl groups excluding tert-OH is 2. The van der Waals surface area contributed by atoms with Crippen LogP contribution in [0.15, 0.2) is 54.6 Å². The number of hydrogen-bond donors (Lipinski definition) is 25. The van der Waals surface area contributed by atoms with Crippen molar-refractivity contribution in [1.82, 2.24) is 0 Å². The summed E-state index contributed by atoms with van der Waals surface area (Å²) < 4.78 is 61.6. The van der Waals surface area contributed by atoms with Crippen LogP contribution in [0.3, 0.4) is 0 Å². The molecule has 0 saturated carbocycles. The van der Waals surface area contributed by atoms with Crippen LogP contribution >= 0.6 is 0 Å². The Morgan fingerprint density at radius 2 is 0.652 bits per heavy atom. The summed E-state index contributed by atoms with van der Waals surface area (Å²) in [5.41, 5.74) is -16.7. The first-order valence-corrected chi connectivity index (χ1v) is 31.2. The van der Waals surface area contributed by atoms with Crippen molar-refractivity contribution in [3.8, 4) is 177 Å². The minimum Gasteiger partial charge on any atom is -0.504 e. The van der Waals surface area contributed by atoms with Gasteiger partial charge in [-0.15, -0.1) is 0 Å². The number of carbonyl (C=O) groups is 8. The summed E-state index contributed by atoms with van der Waals surface area (Å²) >= 11 is 0. The molecule has 5 aliphatic rings. The van der Waals surface area contributed by atoms with Gasteiger partial charge in [0.05, 0.1) is 45.6 Å². The van der Waals surface area contributed by atoms with Crippen molar-refractivity contribution in [1.29, 1.82) is 0 Å². The van der Waals surface area contributed by atoms with Gasteiger partial charge < -0.3 is 180 Å². The standard InChI is InChI=1S/C68H48O44/c69-10-29-46(86)55-57(109-64(99)17-7-25(75)43(83)51(91)35(17)33-15(62(97)107-55)5-23(73)41(81)49(33)89)67(104-29)111-59(94)12-1-20(70)38(78)27(2-12)103-28-9-19(37(77)53(93)45(28)85)66(101)112-68-58-56(108-63(98)16-6-24(74)42(82)50(90)34(16)36-18(65(100)110-58)8-26(76)44(84)52(36)92)54-30(105-68)11-102-60(95)13-3-21(71)39(79)47(87)31(13)32-14(61(96)106-54)4-22(72)40(80)48(32)88/h1-9,29-30,46,54-58,67-93H,10-11H2. The van der Waals surface area contributed by atoms with Gasteiger partial charge in [0.2, 0.25) is 76.5 Å². The highest BCUT2D eigenvalue weighted by Crippen LogP contribution is 2.58. The third-order valence-corrected chi connectivity index (χ3v) is 18.0. The molecule has 44 heteroatoms. The third kappa shape index (κ3) is 11.9. The molecule has 10 atom stereocenters. The zero-order chi connectivity index (χ0) is 81.5. The van der Waals surface area contributed by atoms with E-state index in [-0.39, 0.29) is 12.1 Å². The Morgan fingerprint density at radius 1 is 0.330 bits per heavy atom. The maximum atomic E-state index is 14.9. The molecular weight excluding hydrogens is 1520 g/mol. The lowest BCUT2D eigenvalue weighted by atomic mass is 9.91. The lowest BCUT2D eigenvalue weighted by Gasteiger charge is -2.44. The quantitative estimate of drug-likeness (QED) is 0.0614. The van der Waals surface area contributed by atoms with Crippen LogP contribution in [0.2, 0.25) is 0 Å². The second kappa shape index (κ2) is 27.1. The Kier molecular flexibility index (Phi) is 18.1. The predicted octanol–water partition coefficient (Wildman–Crippen LogP) is 1.75. The Hall–Kier alpha value is -15.4. The maximum Gasteiger partial charge on any atom is 0.344 e. The van der Waals surface area contributed by atoms with E-state index in [0.29, 0.717) is 42.5 Å². The second-order valence-electron chi connectivity index (χ2n) is 24.5. The molecule has 0 amide bonds. The lowest BCUT2D eigenvalue weighted by Crippen LogP contribution is -2.63. The first kappa shape index (κ1) is 74.8. The van der Waals surface area contributed by atoms with Gasteiger partial charge in [0.1, 0.15) is 30.5 Å². The fraction of sp³-hybridized carbons (Fsp3) is 0.176. The number of benzene rings is 8. The molecule has 2 saturated heterocycles. The Bertz CT molecular complexity index is 5510. The molecule has 0 aliphatic carbocycles. The average Bonchev–Trinajstić information content (AvgIpc) is 1.66. The van der Waals surface area contributed by atoms with Gasteiger partial charge in [0.25, 0.3) is 0 Å². The number of aliphatic hydroxyl groups is 2. The molecule has 584 valence electrons. The predicted molar refractivity (Wildman–Crippen MR) is 344 cm³/mol. The molecule has 44 nitrogen and oxygen atoms in total. The molecule has 0 radical (unpaired) electrons. The van der Waals surface area contributed by atoms with Crippen LogP contribution in [0.5, 0.6) is 144 Å². The van der Waals surface area contributed by atoms with E-state index in [9.17, 15) is 166 Å². The number of fused-ring (bicyclic) bond motifs is 13. The SMILES string of the molecule is O=C(OC1OC(CO)C(O)C2OC(=O)c3cc(O)c(O)c(O)c3-c3c(cc(O)c(O)c3O)C(=O)OC12)c1cc(O)c(O)c(Oc2cc(C(=O)OC3OC4COC(=O)c5cc(O)c(O)c(O)c5-c5c(cc(O)c(O)c5O)C(=O)OC4C4OC(=O)c5cc(O)c(O)c(O)c5-c5c(cc(O)c(O)c5O)C(=O)OC34)c(O)c(O)c2O)c1. The summed E-state index contributed by atoms with van der Waals surface area (Å²) in [6.07, 6.45) is -25.6. The van der Waals surface area contributed by atoms with Gasteiger partial charge in [0, 0.05) is 39.4 Å². The fourth-order valence-electron chi connectivity index (χ4n) is 12.5. The number of ether oxygens (including phenoxy) is 11. The number of hydrogen-bond acceptors (Lipinski definition) is 44. The van der Waals surface area contributed by atoms with Gasteiger partial charge in [-0.3, -0.25) is 0 Å². The van der Waals surface area contributed by atoms with Gasteiger partial charge in [-0.05, 0) is 48.5 Å². The van der Waals surface area contributed by atoms with E-state index in [1.54, 1.807) is 0 Å². The summed E-state index contributed by atoms with van der Waals surface area (Å²) in [7, 11) is 0. The van der Waals surface area contributed by atoms with Crippen molar-refractivity contribution < 1.29 is 218 Å². The largest absolute Gasteiger partial charge is 0.504 e. The number of carbonyl (C=O) groups excluding carboxylic acids is 8. The first-order valence-electron chi connectivity index (χ1n) is 31.2. The van der Waals surface area contributed by atoms with Crippen LogP contribution in [0.25, 0.3) is 33.4 Å². The van der Waals surface area contributed by atoms with Crippen molar-refractivity contribution in [2.24, 2.45) is 0 Å². The zero-order valence-electron chi connectivity index (χ0n) is 54.8. The molecule has 5 heterocycles. The third-order valence-electron chi connectivity index (χ3n) is 18.0. The Morgan fingerprint density at radius 3 is 1.04 bits per heavy atom. The number of aromatic hydroxyl groups is 23. The van der Waals surface area contributed by atoms with Crippen LogP contribution in [0, 0.1) is 0 Å². The zero-order valence-corrected chi connectivity index (χ0v) is 54.8. The van der Waals surface area contributed by atoms with E-state index in [2.05, 4.69) is 0 Å². The average molecular weight is 1570 g/mol. The Labute approximate surface area is 614 Å². The maximum absolute atomic E-state index is 14.9. The molecule has 112 heavy (non-hydrogen) atoms.